The minimum atomic E-state index is -0.217. The van der Waals surface area contributed by atoms with E-state index in [-0.39, 0.29) is 23.6 Å². The molecule has 32 heavy (non-hydrogen) atoms. The van der Waals surface area contributed by atoms with Gasteiger partial charge in [0.15, 0.2) is 0 Å². The third kappa shape index (κ3) is 6.42. The Kier molecular flexibility index (Phi) is 8.03. The van der Waals surface area contributed by atoms with Crippen molar-refractivity contribution in [1.29, 1.82) is 0 Å². The summed E-state index contributed by atoms with van der Waals surface area (Å²) in [5.41, 5.74) is 4.47. The van der Waals surface area contributed by atoms with E-state index in [2.05, 4.69) is 10.6 Å². The van der Waals surface area contributed by atoms with E-state index in [0.717, 1.165) is 41.6 Å². The maximum absolute atomic E-state index is 13.0. The number of piperidine rings is 1. The lowest BCUT2D eigenvalue weighted by molar-refractivity contribution is -0.126. The summed E-state index contributed by atoms with van der Waals surface area (Å²) in [6.45, 7) is 7.44. The van der Waals surface area contributed by atoms with Crippen LogP contribution in [0.1, 0.15) is 59.7 Å². The average molecular weight is 436 g/mol. The molecule has 0 saturated carbocycles. The molecular weight excluding hydrogens is 402 g/mol. The van der Waals surface area contributed by atoms with E-state index in [1.807, 2.05) is 63.2 Å². The molecule has 2 aromatic rings. The molecule has 2 aromatic carbocycles. The highest BCUT2D eigenvalue weighted by atomic mass is 16.2. The number of benzene rings is 2. The van der Waals surface area contributed by atoms with E-state index in [0.29, 0.717) is 31.6 Å². The van der Waals surface area contributed by atoms with Crippen molar-refractivity contribution < 1.29 is 14.4 Å². The van der Waals surface area contributed by atoms with Crippen LogP contribution in [0.2, 0.25) is 0 Å². The van der Waals surface area contributed by atoms with Crippen LogP contribution in [0, 0.1) is 19.8 Å². The Bertz CT molecular complexity index is 966. The Hall–Kier alpha value is -3.15. The number of likely N-dealkylation sites (tertiary alicyclic amines) is 1. The largest absolute Gasteiger partial charge is 0.352 e. The number of carbonyl (C=O) groups excluding carboxylic acids is 3. The summed E-state index contributed by atoms with van der Waals surface area (Å²) in [6.07, 6.45) is 2.87. The maximum atomic E-state index is 13.0. The smallest absolute Gasteiger partial charge is 0.253 e. The van der Waals surface area contributed by atoms with Gasteiger partial charge in [-0.15, -0.1) is 0 Å². The molecule has 2 N–H and O–H groups in total. The average Bonchev–Trinajstić information content (AvgIpc) is 2.77. The Morgan fingerprint density at radius 3 is 2.53 bits per heavy atom. The summed E-state index contributed by atoms with van der Waals surface area (Å²) in [6, 6.07) is 13.4. The third-order valence-electron chi connectivity index (χ3n) is 5.70. The predicted octanol–water partition coefficient (Wildman–Crippen LogP) is 4.21. The highest BCUT2D eigenvalue weighted by molar-refractivity contribution is 5.95. The number of rotatable bonds is 7. The van der Waals surface area contributed by atoms with Crippen LogP contribution in [0.5, 0.6) is 0 Å². The Morgan fingerprint density at radius 1 is 1.06 bits per heavy atom. The van der Waals surface area contributed by atoms with E-state index < -0.39 is 0 Å². The van der Waals surface area contributed by atoms with Gasteiger partial charge in [0.25, 0.3) is 5.91 Å². The zero-order valence-electron chi connectivity index (χ0n) is 19.2. The molecule has 3 rings (SSSR count). The normalized spacial score (nSPS) is 15.8. The molecule has 1 aliphatic heterocycles. The van der Waals surface area contributed by atoms with Crippen molar-refractivity contribution in [1.82, 2.24) is 10.2 Å². The van der Waals surface area contributed by atoms with Crippen molar-refractivity contribution in [3.8, 4) is 0 Å². The highest BCUT2D eigenvalue weighted by Crippen LogP contribution is 2.20. The number of hydrogen-bond acceptors (Lipinski definition) is 3. The van der Waals surface area contributed by atoms with Gasteiger partial charge < -0.3 is 15.5 Å². The SMILES string of the molecule is CCCC(=O)Nc1cccc(CNC(=O)C2CCCN(C(=O)c3cc(C)cc(C)c3)C2)c1. The van der Waals surface area contributed by atoms with Gasteiger partial charge in [-0.3, -0.25) is 14.4 Å². The Labute approximate surface area is 190 Å². The van der Waals surface area contributed by atoms with Crippen molar-refractivity contribution in [2.45, 2.75) is 53.0 Å². The quantitative estimate of drug-likeness (QED) is 0.684. The number of carbonyl (C=O) groups is 3. The fraction of sp³-hybridized carbons (Fsp3) is 0.423. The van der Waals surface area contributed by atoms with Crippen LogP contribution in [-0.2, 0) is 16.1 Å². The van der Waals surface area contributed by atoms with Gasteiger partial charge in [0, 0.05) is 37.3 Å². The van der Waals surface area contributed by atoms with Crippen LogP contribution in [0.4, 0.5) is 5.69 Å². The minimum absolute atomic E-state index is 0.00942. The van der Waals surface area contributed by atoms with Gasteiger partial charge in [-0.05, 0) is 62.9 Å². The van der Waals surface area contributed by atoms with Gasteiger partial charge in [-0.2, -0.15) is 0 Å². The molecule has 1 atom stereocenters. The molecule has 1 unspecified atom stereocenters. The number of nitrogens with zero attached hydrogens (tertiary/aromatic N) is 1. The third-order valence-corrected chi connectivity index (χ3v) is 5.70. The summed E-state index contributed by atoms with van der Waals surface area (Å²) >= 11 is 0. The van der Waals surface area contributed by atoms with Crippen molar-refractivity contribution >= 4 is 23.4 Å². The zero-order valence-corrected chi connectivity index (χ0v) is 19.2. The van der Waals surface area contributed by atoms with Gasteiger partial charge in [0.05, 0.1) is 5.92 Å². The van der Waals surface area contributed by atoms with Crippen LogP contribution in [-0.4, -0.2) is 35.7 Å². The van der Waals surface area contributed by atoms with E-state index in [1.54, 1.807) is 4.90 Å². The van der Waals surface area contributed by atoms with Gasteiger partial charge in [-0.25, -0.2) is 0 Å². The van der Waals surface area contributed by atoms with Gasteiger partial charge in [-0.1, -0.05) is 36.2 Å². The molecule has 0 bridgehead atoms. The first-order chi connectivity index (χ1) is 15.4. The Balaban J connectivity index is 1.56. The molecule has 0 spiro atoms. The summed E-state index contributed by atoms with van der Waals surface area (Å²) < 4.78 is 0. The molecule has 6 nitrogen and oxygen atoms in total. The van der Waals surface area contributed by atoms with E-state index in [1.165, 1.54) is 0 Å². The van der Waals surface area contributed by atoms with Crippen LogP contribution < -0.4 is 10.6 Å². The summed E-state index contributed by atoms with van der Waals surface area (Å²) in [5, 5.41) is 5.88. The van der Waals surface area contributed by atoms with Crippen molar-refractivity contribution in [3.63, 3.8) is 0 Å². The molecule has 1 aliphatic rings. The number of amides is 3. The monoisotopic (exact) mass is 435 g/mol. The summed E-state index contributed by atoms with van der Waals surface area (Å²) in [4.78, 5) is 39.4. The fourth-order valence-corrected chi connectivity index (χ4v) is 4.20. The van der Waals surface area contributed by atoms with E-state index >= 15 is 0 Å². The molecule has 0 aromatic heterocycles. The number of anilines is 1. The molecule has 170 valence electrons. The van der Waals surface area contributed by atoms with Crippen LogP contribution >= 0.6 is 0 Å². The molecule has 1 saturated heterocycles. The first-order valence-corrected chi connectivity index (χ1v) is 11.4. The lowest BCUT2D eigenvalue weighted by Crippen LogP contribution is -2.45. The van der Waals surface area contributed by atoms with Gasteiger partial charge in [0.2, 0.25) is 11.8 Å². The number of aryl methyl sites for hydroxylation is 2. The van der Waals surface area contributed by atoms with Crippen molar-refractivity contribution in [2.24, 2.45) is 5.92 Å². The summed E-state index contributed by atoms with van der Waals surface area (Å²) in [5.74, 6) is -0.274. The summed E-state index contributed by atoms with van der Waals surface area (Å²) in [7, 11) is 0. The zero-order chi connectivity index (χ0) is 23.1. The van der Waals surface area contributed by atoms with Crippen LogP contribution in [0.25, 0.3) is 0 Å². The Morgan fingerprint density at radius 2 is 1.81 bits per heavy atom. The second kappa shape index (κ2) is 10.9. The standard InChI is InChI=1S/C26H33N3O3/c1-4-7-24(30)28-23-10-5-8-20(15-23)16-27-25(31)21-9-6-11-29(17-21)26(32)22-13-18(2)12-19(3)14-22/h5,8,10,12-15,21H,4,6-7,9,11,16-17H2,1-3H3,(H,27,31)(H,28,30). The molecule has 0 radical (unpaired) electrons. The second-order valence-corrected chi connectivity index (χ2v) is 8.68. The predicted molar refractivity (Wildman–Crippen MR) is 126 cm³/mol. The molecule has 1 heterocycles. The lowest BCUT2D eigenvalue weighted by Gasteiger charge is -2.32. The molecule has 6 heteroatoms. The first-order valence-electron chi connectivity index (χ1n) is 11.4. The topological polar surface area (TPSA) is 78.5 Å². The minimum Gasteiger partial charge on any atom is -0.352 e. The number of hydrogen-bond donors (Lipinski definition) is 2. The lowest BCUT2D eigenvalue weighted by atomic mass is 9.96. The maximum Gasteiger partial charge on any atom is 0.253 e. The number of nitrogens with one attached hydrogen (secondary N) is 2. The second-order valence-electron chi connectivity index (χ2n) is 8.68. The molecule has 3 amide bonds. The fourth-order valence-electron chi connectivity index (χ4n) is 4.20. The van der Waals surface area contributed by atoms with E-state index in [9.17, 15) is 14.4 Å². The van der Waals surface area contributed by atoms with Crippen LogP contribution in [0.15, 0.2) is 42.5 Å². The van der Waals surface area contributed by atoms with Crippen LogP contribution in [0.3, 0.4) is 0 Å². The van der Waals surface area contributed by atoms with Gasteiger partial charge >= 0.3 is 0 Å². The molecule has 1 fully saturated rings. The van der Waals surface area contributed by atoms with Gasteiger partial charge in [0.1, 0.15) is 0 Å². The first kappa shape index (κ1) is 23.5. The van der Waals surface area contributed by atoms with Crippen molar-refractivity contribution in [3.05, 3.63) is 64.7 Å². The highest BCUT2D eigenvalue weighted by Gasteiger charge is 2.29. The molecular formula is C26H33N3O3. The van der Waals surface area contributed by atoms with E-state index in [4.69, 9.17) is 0 Å². The molecule has 0 aliphatic carbocycles. The van der Waals surface area contributed by atoms with Crippen molar-refractivity contribution in [2.75, 3.05) is 18.4 Å².